The lowest BCUT2D eigenvalue weighted by Crippen LogP contribution is -2.25. The van der Waals surface area contributed by atoms with Crippen molar-refractivity contribution >= 4 is 11.6 Å². The number of carbonyl (C=O) groups is 1. The van der Waals surface area contributed by atoms with Gasteiger partial charge < -0.3 is 11.1 Å². The van der Waals surface area contributed by atoms with Crippen LogP contribution in [0.3, 0.4) is 0 Å². The summed E-state index contributed by atoms with van der Waals surface area (Å²) in [5.74, 6) is 0.101. The summed E-state index contributed by atoms with van der Waals surface area (Å²) in [4.78, 5) is 11.4. The van der Waals surface area contributed by atoms with Crippen molar-refractivity contribution in [2.75, 3.05) is 5.32 Å². The van der Waals surface area contributed by atoms with Crippen molar-refractivity contribution in [2.45, 2.75) is 38.1 Å². The van der Waals surface area contributed by atoms with E-state index in [9.17, 15) is 4.79 Å². The number of nitrogens with one attached hydrogen (secondary N) is 1. The number of hydrogen-bond donors (Lipinski definition) is 2. The van der Waals surface area contributed by atoms with E-state index in [1.54, 1.807) is 0 Å². The van der Waals surface area contributed by atoms with Crippen LogP contribution in [0.4, 0.5) is 5.69 Å². The minimum absolute atomic E-state index is 0.00508. The van der Waals surface area contributed by atoms with Crippen molar-refractivity contribution in [1.29, 1.82) is 0 Å². The average molecular weight is 216 g/mol. The largest absolute Gasteiger partial charge is 0.325 e. The normalized spacial score (nSPS) is 20.5. The molecular formula is C13H16N2O. The third-order valence-electron chi connectivity index (χ3n) is 3.50. The summed E-state index contributed by atoms with van der Waals surface area (Å²) in [6.07, 6.45) is 3.60. The molecule has 0 bridgehead atoms. The fraction of sp³-hybridized carbons (Fsp3) is 0.462. The highest BCUT2D eigenvalue weighted by atomic mass is 16.1. The summed E-state index contributed by atoms with van der Waals surface area (Å²) in [7, 11) is 0. The number of anilines is 1. The Kier molecular flexibility index (Phi) is 1.89. The van der Waals surface area contributed by atoms with Crippen LogP contribution in [0.5, 0.6) is 0 Å². The molecule has 1 amide bonds. The fourth-order valence-corrected chi connectivity index (χ4v) is 2.45. The fourth-order valence-electron chi connectivity index (χ4n) is 2.45. The van der Waals surface area contributed by atoms with Gasteiger partial charge in [0.2, 0.25) is 5.91 Å². The maximum absolute atomic E-state index is 11.4. The topological polar surface area (TPSA) is 55.1 Å². The summed E-state index contributed by atoms with van der Waals surface area (Å²) in [6.45, 7) is 2.07. The number of hydrogen-bond acceptors (Lipinski definition) is 2. The Bertz CT molecular complexity index is 475. The number of benzene rings is 1. The number of carbonyl (C=O) groups excluding carboxylic acids is 1. The van der Waals surface area contributed by atoms with E-state index >= 15 is 0 Å². The average Bonchev–Trinajstić information content (AvgIpc) is 2.76. The number of fused-ring (bicyclic) bond motifs is 1. The molecule has 3 N–H and O–H groups in total. The highest BCUT2D eigenvalue weighted by molar-refractivity contribution is 6.00. The molecule has 3 heteroatoms. The molecule has 1 heterocycles. The molecule has 1 aromatic carbocycles. The monoisotopic (exact) mass is 216 g/mol. The first kappa shape index (κ1) is 9.85. The minimum Gasteiger partial charge on any atom is -0.325 e. The first-order valence-electron chi connectivity index (χ1n) is 5.77. The van der Waals surface area contributed by atoms with Gasteiger partial charge in [-0.2, -0.15) is 0 Å². The summed E-state index contributed by atoms with van der Waals surface area (Å²) < 4.78 is 0. The molecule has 84 valence electrons. The molecule has 0 aromatic heterocycles. The lowest BCUT2D eigenvalue weighted by atomic mass is 9.97. The van der Waals surface area contributed by atoms with Crippen molar-refractivity contribution in [1.82, 2.24) is 0 Å². The maximum atomic E-state index is 11.4. The van der Waals surface area contributed by atoms with Crippen molar-refractivity contribution in [3.63, 3.8) is 0 Å². The molecule has 1 saturated carbocycles. The minimum atomic E-state index is -0.00508. The Balaban J connectivity index is 2.01. The lowest BCUT2D eigenvalue weighted by molar-refractivity contribution is -0.115. The van der Waals surface area contributed by atoms with Crippen LogP contribution in [-0.4, -0.2) is 11.4 Å². The summed E-state index contributed by atoms with van der Waals surface area (Å²) >= 11 is 0. The zero-order chi connectivity index (χ0) is 11.3. The Morgan fingerprint density at radius 2 is 2.19 bits per heavy atom. The predicted octanol–water partition coefficient (Wildman–Crippen LogP) is 1.52. The highest BCUT2D eigenvalue weighted by Gasteiger charge is 2.39. The highest BCUT2D eigenvalue weighted by Crippen LogP contribution is 2.39. The Morgan fingerprint density at radius 3 is 2.88 bits per heavy atom. The van der Waals surface area contributed by atoms with E-state index in [2.05, 4.69) is 24.4 Å². The van der Waals surface area contributed by atoms with Crippen LogP contribution in [0.1, 0.15) is 29.5 Å². The second-order valence-corrected chi connectivity index (χ2v) is 5.22. The second kappa shape index (κ2) is 3.08. The Hall–Kier alpha value is -1.35. The molecule has 1 aliphatic carbocycles. The van der Waals surface area contributed by atoms with Gasteiger partial charge in [-0.1, -0.05) is 17.7 Å². The molecule has 1 aliphatic heterocycles. The molecule has 1 fully saturated rings. The van der Waals surface area contributed by atoms with Crippen molar-refractivity contribution in [2.24, 2.45) is 5.73 Å². The van der Waals surface area contributed by atoms with Gasteiger partial charge in [0.25, 0.3) is 0 Å². The van der Waals surface area contributed by atoms with Gasteiger partial charge >= 0.3 is 0 Å². The molecule has 3 rings (SSSR count). The summed E-state index contributed by atoms with van der Waals surface area (Å²) in [6, 6.07) is 4.24. The first-order valence-corrected chi connectivity index (χ1v) is 5.77. The molecule has 0 atom stereocenters. The molecule has 1 aromatic rings. The van der Waals surface area contributed by atoms with E-state index in [0.29, 0.717) is 6.42 Å². The van der Waals surface area contributed by atoms with E-state index < -0.39 is 0 Å². The number of rotatable bonds is 2. The standard InChI is InChI=1S/C13H16N2O/c1-8-4-9-6-11(16)15-12(9)10(5-8)7-13(14)2-3-13/h4-5H,2-3,6-7,14H2,1H3,(H,15,16). The van der Waals surface area contributed by atoms with Crippen LogP contribution in [0.15, 0.2) is 12.1 Å². The molecular weight excluding hydrogens is 200 g/mol. The van der Waals surface area contributed by atoms with Crippen LogP contribution in [-0.2, 0) is 17.6 Å². The number of nitrogens with two attached hydrogens (primary N) is 1. The van der Waals surface area contributed by atoms with Gasteiger partial charge in [0.15, 0.2) is 0 Å². The SMILES string of the molecule is Cc1cc2c(c(CC3(N)CC3)c1)NC(=O)C2. The van der Waals surface area contributed by atoms with E-state index in [0.717, 1.165) is 30.5 Å². The molecule has 0 spiro atoms. The van der Waals surface area contributed by atoms with Crippen LogP contribution in [0.25, 0.3) is 0 Å². The van der Waals surface area contributed by atoms with Gasteiger partial charge in [0.1, 0.15) is 0 Å². The quantitative estimate of drug-likeness (QED) is 0.787. The molecule has 0 unspecified atom stereocenters. The second-order valence-electron chi connectivity index (χ2n) is 5.22. The molecule has 0 saturated heterocycles. The first-order chi connectivity index (χ1) is 7.56. The zero-order valence-electron chi connectivity index (χ0n) is 9.47. The van der Waals surface area contributed by atoms with E-state index in [1.807, 2.05) is 0 Å². The molecule has 2 aliphatic rings. The van der Waals surface area contributed by atoms with Crippen LogP contribution < -0.4 is 11.1 Å². The number of aryl methyl sites for hydroxylation is 1. The van der Waals surface area contributed by atoms with Gasteiger partial charge in [-0.15, -0.1) is 0 Å². The van der Waals surface area contributed by atoms with Crippen molar-refractivity contribution in [3.8, 4) is 0 Å². The Labute approximate surface area is 95.0 Å². The predicted molar refractivity (Wildman–Crippen MR) is 63.4 cm³/mol. The zero-order valence-corrected chi connectivity index (χ0v) is 9.47. The van der Waals surface area contributed by atoms with Crippen LogP contribution in [0.2, 0.25) is 0 Å². The van der Waals surface area contributed by atoms with Crippen molar-refractivity contribution < 1.29 is 4.79 Å². The molecule has 0 radical (unpaired) electrons. The van der Waals surface area contributed by atoms with Gasteiger partial charge in [-0.25, -0.2) is 0 Å². The summed E-state index contributed by atoms with van der Waals surface area (Å²) in [5.41, 5.74) is 10.7. The Morgan fingerprint density at radius 1 is 1.44 bits per heavy atom. The maximum Gasteiger partial charge on any atom is 0.228 e. The van der Waals surface area contributed by atoms with E-state index in [1.165, 1.54) is 11.1 Å². The molecule has 16 heavy (non-hydrogen) atoms. The van der Waals surface area contributed by atoms with Gasteiger partial charge in [0.05, 0.1) is 6.42 Å². The lowest BCUT2D eigenvalue weighted by Gasteiger charge is -2.13. The molecule has 3 nitrogen and oxygen atoms in total. The van der Waals surface area contributed by atoms with Crippen LogP contribution >= 0.6 is 0 Å². The third-order valence-corrected chi connectivity index (χ3v) is 3.50. The smallest absolute Gasteiger partial charge is 0.228 e. The van der Waals surface area contributed by atoms with E-state index in [4.69, 9.17) is 5.73 Å². The van der Waals surface area contributed by atoms with Gasteiger partial charge in [0, 0.05) is 11.2 Å². The van der Waals surface area contributed by atoms with E-state index in [-0.39, 0.29) is 11.4 Å². The number of amides is 1. The van der Waals surface area contributed by atoms with Crippen LogP contribution in [0, 0.1) is 6.92 Å². The van der Waals surface area contributed by atoms with Gasteiger partial charge in [-0.05, 0) is 37.3 Å². The third kappa shape index (κ3) is 1.61. The van der Waals surface area contributed by atoms with Crippen molar-refractivity contribution in [3.05, 3.63) is 28.8 Å². The summed E-state index contributed by atoms with van der Waals surface area (Å²) in [5, 5.41) is 2.95. The van der Waals surface area contributed by atoms with Gasteiger partial charge in [-0.3, -0.25) is 4.79 Å².